The van der Waals surface area contributed by atoms with Crippen LogP contribution in [0.3, 0.4) is 0 Å². The summed E-state index contributed by atoms with van der Waals surface area (Å²) in [6, 6.07) is 8.50. The Morgan fingerprint density at radius 3 is 2.18 bits per heavy atom. The van der Waals surface area contributed by atoms with Crippen LogP contribution in [0.5, 0.6) is 5.75 Å². The molecule has 0 unspecified atom stereocenters. The third kappa shape index (κ3) is 4.78. The molecule has 96 valence electrons. The molecular formula is C15H26NO+. The zero-order chi connectivity index (χ0) is 12.7. The summed E-state index contributed by atoms with van der Waals surface area (Å²) >= 11 is 0. The number of hydrogen-bond donors (Lipinski definition) is 1. The highest BCUT2D eigenvalue weighted by Crippen LogP contribution is 2.27. The maximum Gasteiger partial charge on any atom is 0.118 e. The van der Waals surface area contributed by atoms with Crippen molar-refractivity contribution < 1.29 is 10.5 Å². The molecular weight excluding hydrogens is 210 g/mol. The number of rotatable bonds is 7. The van der Waals surface area contributed by atoms with Crippen LogP contribution in [-0.4, -0.2) is 13.7 Å². The first-order valence-corrected chi connectivity index (χ1v) is 6.60. The van der Waals surface area contributed by atoms with Gasteiger partial charge in [0, 0.05) is 6.42 Å². The maximum absolute atomic E-state index is 5.19. The Hall–Kier alpha value is -1.02. The molecule has 1 aromatic rings. The van der Waals surface area contributed by atoms with E-state index in [2.05, 4.69) is 43.8 Å². The summed E-state index contributed by atoms with van der Waals surface area (Å²) in [5.41, 5.74) is 5.41. The van der Waals surface area contributed by atoms with Crippen LogP contribution in [0.1, 0.15) is 44.6 Å². The van der Waals surface area contributed by atoms with E-state index in [0.717, 1.165) is 18.2 Å². The van der Waals surface area contributed by atoms with Crippen LogP contribution in [0.25, 0.3) is 0 Å². The van der Waals surface area contributed by atoms with Gasteiger partial charge in [-0.1, -0.05) is 32.4 Å². The molecule has 3 N–H and O–H groups in total. The van der Waals surface area contributed by atoms with Gasteiger partial charge in [0.15, 0.2) is 0 Å². The summed E-state index contributed by atoms with van der Waals surface area (Å²) in [6.45, 7) is 5.58. The largest absolute Gasteiger partial charge is 0.497 e. The normalized spacial score (nSPS) is 12.8. The van der Waals surface area contributed by atoms with Crippen molar-refractivity contribution in [3.05, 3.63) is 29.8 Å². The molecule has 2 nitrogen and oxygen atoms in total. The topological polar surface area (TPSA) is 36.9 Å². The fraction of sp³-hybridized carbons (Fsp3) is 0.600. The molecule has 0 aliphatic heterocycles. The van der Waals surface area contributed by atoms with Gasteiger partial charge in [0.05, 0.1) is 13.7 Å². The number of methoxy groups -OCH3 is 1. The van der Waals surface area contributed by atoms with E-state index in [1.807, 2.05) is 0 Å². The number of quaternary nitrogens is 1. The standard InChI is InChI=1S/C15H25NO/c1-12(2)4-5-14(10-11-16)13-6-8-15(17-3)9-7-13/h6-9,12,14H,4-5,10-11,16H2,1-3H3/p+1/t14-/m1/s1. The molecule has 0 heterocycles. The van der Waals surface area contributed by atoms with Gasteiger partial charge in [-0.25, -0.2) is 0 Å². The molecule has 0 fully saturated rings. The first-order chi connectivity index (χ1) is 8.17. The second-order valence-corrected chi connectivity index (χ2v) is 5.08. The predicted octanol–water partition coefficient (Wildman–Crippen LogP) is 2.85. The monoisotopic (exact) mass is 236 g/mol. The molecule has 1 rings (SSSR count). The van der Waals surface area contributed by atoms with E-state index < -0.39 is 0 Å². The summed E-state index contributed by atoms with van der Waals surface area (Å²) < 4.78 is 5.19. The van der Waals surface area contributed by atoms with E-state index in [-0.39, 0.29) is 0 Å². The molecule has 2 heteroatoms. The van der Waals surface area contributed by atoms with Gasteiger partial charge in [-0.15, -0.1) is 0 Å². The lowest BCUT2D eigenvalue weighted by atomic mass is 9.89. The SMILES string of the molecule is COc1ccc([C@@H](CC[NH3+])CCC(C)C)cc1. The highest BCUT2D eigenvalue weighted by molar-refractivity contribution is 5.29. The molecule has 1 atom stereocenters. The fourth-order valence-electron chi connectivity index (χ4n) is 2.13. The van der Waals surface area contributed by atoms with Crippen molar-refractivity contribution in [1.82, 2.24) is 0 Å². The van der Waals surface area contributed by atoms with Crippen LogP contribution in [0.2, 0.25) is 0 Å². The molecule has 17 heavy (non-hydrogen) atoms. The van der Waals surface area contributed by atoms with E-state index in [9.17, 15) is 0 Å². The van der Waals surface area contributed by atoms with Crippen molar-refractivity contribution in [1.29, 1.82) is 0 Å². The van der Waals surface area contributed by atoms with Crippen molar-refractivity contribution in [3.8, 4) is 5.75 Å². The smallest absolute Gasteiger partial charge is 0.118 e. The summed E-state index contributed by atoms with van der Waals surface area (Å²) in [4.78, 5) is 0. The zero-order valence-electron chi connectivity index (χ0n) is 11.4. The molecule has 0 saturated carbocycles. The van der Waals surface area contributed by atoms with Crippen molar-refractivity contribution >= 4 is 0 Å². The first kappa shape index (κ1) is 14.0. The minimum absolute atomic E-state index is 0.654. The molecule has 0 radical (unpaired) electrons. The molecule has 0 aromatic heterocycles. The molecule has 1 aromatic carbocycles. The quantitative estimate of drug-likeness (QED) is 0.776. The second-order valence-electron chi connectivity index (χ2n) is 5.08. The third-order valence-corrected chi connectivity index (χ3v) is 3.23. The Kier molecular flexibility index (Phi) is 6.06. The van der Waals surface area contributed by atoms with Gasteiger partial charge in [0.1, 0.15) is 5.75 Å². The summed E-state index contributed by atoms with van der Waals surface area (Å²) in [5.74, 6) is 2.37. The number of benzene rings is 1. The Morgan fingerprint density at radius 2 is 1.71 bits per heavy atom. The second kappa shape index (κ2) is 7.33. The van der Waals surface area contributed by atoms with Crippen LogP contribution >= 0.6 is 0 Å². The molecule has 0 bridgehead atoms. The maximum atomic E-state index is 5.19. The molecule has 0 aliphatic carbocycles. The molecule has 0 aliphatic rings. The van der Waals surface area contributed by atoms with Gasteiger partial charge in [-0.05, 0) is 36.0 Å². The Bertz CT molecular complexity index is 305. The zero-order valence-corrected chi connectivity index (χ0v) is 11.4. The summed E-state index contributed by atoms with van der Waals surface area (Å²) in [5, 5.41) is 0. The van der Waals surface area contributed by atoms with Crippen molar-refractivity contribution in [2.45, 2.75) is 39.0 Å². The van der Waals surface area contributed by atoms with Crippen molar-refractivity contribution in [3.63, 3.8) is 0 Å². The number of hydrogen-bond acceptors (Lipinski definition) is 1. The van der Waals surface area contributed by atoms with E-state index in [1.54, 1.807) is 7.11 Å². The average molecular weight is 236 g/mol. The lowest BCUT2D eigenvalue weighted by Crippen LogP contribution is -2.50. The Labute approximate surface area is 105 Å². The van der Waals surface area contributed by atoms with Crippen LogP contribution in [-0.2, 0) is 0 Å². The predicted molar refractivity (Wildman–Crippen MR) is 72.2 cm³/mol. The fourth-order valence-corrected chi connectivity index (χ4v) is 2.13. The van der Waals surface area contributed by atoms with E-state index in [0.29, 0.717) is 5.92 Å². The summed E-state index contributed by atoms with van der Waals surface area (Å²) in [6.07, 6.45) is 3.73. The average Bonchev–Trinajstić information content (AvgIpc) is 2.34. The Balaban J connectivity index is 2.67. The van der Waals surface area contributed by atoms with Gasteiger partial charge in [-0.3, -0.25) is 0 Å². The van der Waals surface area contributed by atoms with Gasteiger partial charge >= 0.3 is 0 Å². The molecule has 0 spiro atoms. The van der Waals surface area contributed by atoms with E-state index in [4.69, 9.17) is 4.74 Å². The Morgan fingerprint density at radius 1 is 1.06 bits per heavy atom. The highest BCUT2D eigenvalue weighted by Gasteiger charge is 2.12. The van der Waals surface area contributed by atoms with Gasteiger partial charge in [0.25, 0.3) is 0 Å². The van der Waals surface area contributed by atoms with Crippen LogP contribution in [0.15, 0.2) is 24.3 Å². The van der Waals surface area contributed by atoms with E-state index >= 15 is 0 Å². The highest BCUT2D eigenvalue weighted by atomic mass is 16.5. The molecule has 0 saturated heterocycles. The van der Waals surface area contributed by atoms with Crippen LogP contribution < -0.4 is 10.5 Å². The van der Waals surface area contributed by atoms with Gasteiger partial charge in [0.2, 0.25) is 0 Å². The van der Waals surface area contributed by atoms with Crippen molar-refractivity contribution in [2.24, 2.45) is 5.92 Å². The van der Waals surface area contributed by atoms with Crippen molar-refractivity contribution in [2.75, 3.05) is 13.7 Å². The summed E-state index contributed by atoms with van der Waals surface area (Å²) in [7, 11) is 1.71. The van der Waals surface area contributed by atoms with Gasteiger partial charge in [-0.2, -0.15) is 0 Å². The minimum Gasteiger partial charge on any atom is -0.497 e. The van der Waals surface area contributed by atoms with Crippen LogP contribution in [0.4, 0.5) is 0 Å². The molecule has 0 amide bonds. The van der Waals surface area contributed by atoms with E-state index in [1.165, 1.54) is 24.8 Å². The minimum atomic E-state index is 0.654. The lowest BCUT2D eigenvalue weighted by molar-refractivity contribution is -0.369. The van der Waals surface area contributed by atoms with Crippen LogP contribution in [0, 0.1) is 5.92 Å². The number of ether oxygens (including phenoxy) is 1. The van der Waals surface area contributed by atoms with Gasteiger partial charge < -0.3 is 10.5 Å². The third-order valence-electron chi connectivity index (χ3n) is 3.23. The first-order valence-electron chi connectivity index (χ1n) is 6.60. The lowest BCUT2D eigenvalue weighted by Gasteiger charge is -2.17.